The molecular weight excluding hydrogens is 380 g/mol. The van der Waals surface area contributed by atoms with Gasteiger partial charge in [-0.3, -0.25) is 9.30 Å². The number of hydrogen-bond acceptors (Lipinski definition) is 5. The minimum Gasteiger partial charge on any atom is -0.350 e. The number of fused-ring (bicyclic) bond motifs is 1. The van der Waals surface area contributed by atoms with E-state index in [9.17, 15) is 0 Å². The number of aryl methyl sites for hydroxylation is 1. The molecule has 6 nitrogen and oxygen atoms in total. The zero-order chi connectivity index (χ0) is 17.4. The molecule has 1 saturated heterocycles. The van der Waals surface area contributed by atoms with Gasteiger partial charge in [-0.1, -0.05) is 35.0 Å². The monoisotopic (exact) mass is 400 g/mol. The largest absolute Gasteiger partial charge is 0.350 e. The van der Waals surface area contributed by atoms with Crippen LogP contribution in [0.4, 0.5) is 5.82 Å². The SMILES string of the molecule is CCc1nnc2c(N3CC(N(C)Cc4ccc(Br)cc4)C3)nccn12. The lowest BCUT2D eigenvalue weighted by Crippen LogP contribution is -2.58. The van der Waals surface area contributed by atoms with E-state index in [1.54, 1.807) is 0 Å². The average Bonchev–Trinajstić information content (AvgIpc) is 2.99. The molecule has 1 aromatic carbocycles. The number of nitrogens with zero attached hydrogens (tertiary/aromatic N) is 6. The van der Waals surface area contributed by atoms with Crippen LogP contribution in [0.1, 0.15) is 18.3 Å². The van der Waals surface area contributed by atoms with Crippen molar-refractivity contribution in [1.82, 2.24) is 24.5 Å². The maximum absolute atomic E-state index is 4.54. The number of likely N-dealkylation sites (N-methyl/N-ethyl adjacent to an activating group) is 1. The van der Waals surface area contributed by atoms with Crippen LogP contribution in [0.25, 0.3) is 5.65 Å². The second-order valence-electron chi connectivity index (χ2n) is 6.51. The van der Waals surface area contributed by atoms with E-state index in [0.29, 0.717) is 6.04 Å². The number of aromatic nitrogens is 4. The van der Waals surface area contributed by atoms with Crippen LogP contribution in [0, 0.1) is 0 Å². The van der Waals surface area contributed by atoms with Gasteiger partial charge in [0.05, 0.1) is 0 Å². The minimum atomic E-state index is 0.527. The summed E-state index contributed by atoms with van der Waals surface area (Å²) in [6, 6.07) is 9.05. The van der Waals surface area contributed by atoms with Gasteiger partial charge < -0.3 is 4.90 Å². The Hall–Kier alpha value is -1.99. The molecule has 0 atom stereocenters. The third kappa shape index (κ3) is 3.14. The third-order valence-electron chi connectivity index (χ3n) is 4.83. The molecule has 0 radical (unpaired) electrons. The van der Waals surface area contributed by atoms with Crippen molar-refractivity contribution in [2.75, 3.05) is 25.0 Å². The highest BCUT2D eigenvalue weighted by molar-refractivity contribution is 9.10. The zero-order valence-electron chi connectivity index (χ0n) is 14.4. The summed E-state index contributed by atoms with van der Waals surface area (Å²) in [5, 5.41) is 8.59. The van der Waals surface area contributed by atoms with Crippen LogP contribution in [-0.4, -0.2) is 50.7 Å². The summed E-state index contributed by atoms with van der Waals surface area (Å²) in [6.45, 7) is 4.98. The zero-order valence-corrected chi connectivity index (χ0v) is 16.0. The number of hydrogen-bond donors (Lipinski definition) is 0. The molecule has 3 heterocycles. The van der Waals surface area contributed by atoms with Crippen LogP contribution < -0.4 is 4.90 Å². The predicted octanol–water partition coefficient (Wildman–Crippen LogP) is 2.77. The highest BCUT2D eigenvalue weighted by Crippen LogP contribution is 2.25. The molecule has 2 aromatic heterocycles. The van der Waals surface area contributed by atoms with Crippen molar-refractivity contribution in [1.29, 1.82) is 0 Å². The summed E-state index contributed by atoms with van der Waals surface area (Å²) in [7, 11) is 2.18. The van der Waals surface area contributed by atoms with Crippen molar-refractivity contribution < 1.29 is 0 Å². The van der Waals surface area contributed by atoms with Crippen LogP contribution in [0.2, 0.25) is 0 Å². The Morgan fingerprint density at radius 3 is 2.68 bits per heavy atom. The molecule has 3 aromatic rings. The molecule has 7 heteroatoms. The van der Waals surface area contributed by atoms with Crippen molar-refractivity contribution in [2.24, 2.45) is 0 Å². The van der Waals surface area contributed by atoms with E-state index in [1.807, 2.05) is 16.8 Å². The Kier molecular flexibility index (Phi) is 4.43. The third-order valence-corrected chi connectivity index (χ3v) is 5.35. The molecule has 1 fully saturated rings. The Morgan fingerprint density at radius 2 is 1.96 bits per heavy atom. The van der Waals surface area contributed by atoms with Crippen LogP contribution >= 0.6 is 15.9 Å². The minimum absolute atomic E-state index is 0.527. The summed E-state index contributed by atoms with van der Waals surface area (Å²) in [6.07, 6.45) is 4.64. The summed E-state index contributed by atoms with van der Waals surface area (Å²) >= 11 is 3.49. The molecule has 4 rings (SSSR count). The molecule has 0 N–H and O–H groups in total. The molecule has 0 amide bonds. The second kappa shape index (κ2) is 6.72. The lowest BCUT2D eigenvalue weighted by molar-refractivity contribution is 0.197. The van der Waals surface area contributed by atoms with Crippen LogP contribution in [0.3, 0.4) is 0 Å². The fraction of sp³-hybridized carbons (Fsp3) is 0.389. The quantitative estimate of drug-likeness (QED) is 0.658. The van der Waals surface area contributed by atoms with E-state index in [0.717, 1.165) is 47.8 Å². The van der Waals surface area contributed by atoms with Gasteiger partial charge >= 0.3 is 0 Å². The van der Waals surface area contributed by atoms with Crippen molar-refractivity contribution >= 4 is 27.4 Å². The van der Waals surface area contributed by atoms with Crippen molar-refractivity contribution in [3.63, 3.8) is 0 Å². The molecule has 25 heavy (non-hydrogen) atoms. The summed E-state index contributed by atoms with van der Waals surface area (Å²) in [5.74, 6) is 1.91. The second-order valence-corrected chi connectivity index (χ2v) is 7.43. The van der Waals surface area contributed by atoms with E-state index in [4.69, 9.17) is 0 Å². The number of anilines is 1. The summed E-state index contributed by atoms with van der Waals surface area (Å²) in [4.78, 5) is 9.23. The van der Waals surface area contributed by atoms with Gasteiger partial charge in [-0.25, -0.2) is 4.98 Å². The number of rotatable bonds is 5. The van der Waals surface area contributed by atoms with Gasteiger partial charge in [0.1, 0.15) is 5.82 Å². The molecule has 0 bridgehead atoms. The van der Waals surface area contributed by atoms with Gasteiger partial charge in [0, 0.05) is 49.0 Å². The molecule has 1 aliphatic heterocycles. The van der Waals surface area contributed by atoms with Gasteiger partial charge in [0.2, 0.25) is 5.65 Å². The van der Waals surface area contributed by atoms with E-state index in [2.05, 4.69) is 79.1 Å². The molecule has 1 aliphatic rings. The molecule has 0 aliphatic carbocycles. The van der Waals surface area contributed by atoms with Gasteiger partial charge in [0.15, 0.2) is 5.82 Å². The first kappa shape index (κ1) is 16.5. The van der Waals surface area contributed by atoms with Gasteiger partial charge in [-0.15, -0.1) is 10.2 Å². The van der Waals surface area contributed by atoms with E-state index in [1.165, 1.54) is 5.56 Å². The Bertz CT molecular complexity index is 869. The first-order valence-electron chi connectivity index (χ1n) is 8.54. The van der Waals surface area contributed by atoms with Crippen molar-refractivity contribution in [3.8, 4) is 0 Å². The van der Waals surface area contributed by atoms with Crippen molar-refractivity contribution in [3.05, 3.63) is 52.5 Å². The summed E-state index contributed by atoms with van der Waals surface area (Å²) in [5.41, 5.74) is 2.18. The molecule has 0 unspecified atom stereocenters. The molecular formula is C18H21BrN6. The fourth-order valence-electron chi connectivity index (χ4n) is 3.24. The first-order valence-corrected chi connectivity index (χ1v) is 9.33. The highest BCUT2D eigenvalue weighted by Gasteiger charge is 2.32. The average molecular weight is 401 g/mol. The molecule has 0 saturated carbocycles. The highest BCUT2D eigenvalue weighted by atomic mass is 79.9. The number of halogens is 1. The van der Waals surface area contributed by atoms with Crippen LogP contribution in [-0.2, 0) is 13.0 Å². The topological polar surface area (TPSA) is 49.6 Å². The summed E-state index contributed by atoms with van der Waals surface area (Å²) < 4.78 is 3.16. The molecule has 0 spiro atoms. The Labute approximate surface area is 155 Å². The smallest absolute Gasteiger partial charge is 0.203 e. The van der Waals surface area contributed by atoms with Gasteiger partial charge in [-0.05, 0) is 24.7 Å². The Balaban J connectivity index is 1.43. The van der Waals surface area contributed by atoms with E-state index >= 15 is 0 Å². The molecule has 130 valence electrons. The normalized spacial score (nSPS) is 15.1. The van der Waals surface area contributed by atoms with E-state index < -0.39 is 0 Å². The van der Waals surface area contributed by atoms with Crippen molar-refractivity contribution in [2.45, 2.75) is 25.9 Å². The van der Waals surface area contributed by atoms with Crippen LogP contribution in [0.5, 0.6) is 0 Å². The number of benzene rings is 1. The van der Waals surface area contributed by atoms with E-state index in [-0.39, 0.29) is 0 Å². The lowest BCUT2D eigenvalue weighted by Gasteiger charge is -2.44. The standard InChI is InChI=1S/C18H21BrN6/c1-3-16-21-22-18-17(20-8-9-25(16)18)24-11-15(12-24)23(2)10-13-4-6-14(19)7-5-13/h4-9,15H,3,10-12H2,1-2H3. The maximum Gasteiger partial charge on any atom is 0.203 e. The lowest BCUT2D eigenvalue weighted by atomic mass is 10.1. The maximum atomic E-state index is 4.54. The predicted molar refractivity (Wildman–Crippen MR) is 102 cm³/mol. The van der Waals surface area contributed by atoms with Gasteiger partial charge in [0.25, 0.3) is 0 Å². The van der Waals surface area contributed by atoms with Crippen LogP contribution in [0.15, 0.2) is 41.1 Å². The Morgan fingerprint density at radius 1 is 1.20 bits per heavy atom. The fourth-order valence-corrected chi connectivity index (χ4v) is 3.50. The van der Waals surface area contributed by atoms with Gasteiger partial charge in [-0.2, -0.15) is 0 Å². The first-order chi connectivity index (χ1) is 12.2.